The Morgan fingerprint density at radius 3 is 2.03 bits per heavy atom. The summed E-state index contributed by atoms with van der Waals surface area (Å²) < 4.78 is 5.87. The first kappa shape index (κ1) is 20.7. The zero-order valence-electron chi connectivity index (χ0n) is 18.7. The maximum absolute atomic E-state index is 5.87. The Balaban J connectivity index is 1.42. The molecule has 0 fully saturated rings. The second-order valence-corrected chi connectivity index (χ2v) is 8.08. The quantitative estimate of drug-likeness (QED) is 0.285. The summed E-state index contributed by atoms with van der Waals surface area (Å²) in [5.74, 6) is 1.31. The van der Waals surface area contributed by atoms with Crippen LogP contribution in [-0.2, 0) is 0 Å². The molecule has 3 nitrogen and oxygen atoms in total. The van der Waals surface area contributed by atoms with E-state index in [0.29, 0.717) is 5.88 Å². The van der Waals surface area contributed by atoms with E-state index >= 15 is 0 Å². The van der Waals surface area contributed by atoms with Gasteiger partial charge in [-0.2, -0.15) is 0 Å². The van der Waals surface area contributed by atoms with Gasteiger partial charge in [0.05, 0.1) is 5.69 Å². The fourth-order valence-electron chi connectivity index (χ4n) is 4.18. The first-order valence-corrected chi connectivity index (χ1v) is 11.0. The molecular formula is C30H24N2O. The molecule has 0 amide bonds. The lowest BCUT2D eigenvalue weighted by Gasteiger charge is -2.14. The monoisotopic (exact) mass is 428 g/mol. The van der Waals surface area contributed by atoms with Gasteiger partial charge in [-0.15, -0.1) is 0 Å². The summed E-state index contributed by atoms with van der Waals surface area (Å²) >= 11 is 0. The third-order valence-corrected chi connectivity index (χ3v) is 5.68. The van der Waals surface area contributed by atoms with Crippen molar-refractivity contribution in [3.05, 3.63) is 121 Å². The predicted molar refractivity (Wildman–Crippen MR) is 134 cm³/mol. The molecule has 0 aliphatic heterocycles. The molecule has 0 unspecified atom stereocenters. The van der Waals surface area contributed by atoms with Gasteiger partial charge in [0.2, 0.25) is 5.88 Å². The van der Waals surface area contributed by atoms with E-state index in [4.69, 9.17) is 9.72 Å². The van der Waals surface area contributed by atoms with E-state index in [1.54, 1.807) is 6.20 Å². The van der Waals surface area contributed by atoms with E-state index in [0.717, 1.165) is 22.6 Å². The van der Waals surface area contributed by atoms with Crippen LogP contribution in [0.5, 0.6) is 11.6 Å². The second kappa shape index (κ2) is 9.09. The van der Waals surface area contributed by atoms with Crippen LogP contribution in [0.4, 0.5) is 0 Å². The standard InChI is InChI=1S/C30H24N2O/c1-21-17-26(23-9-4-3-5-10-23)18-22(2)30(21)25-14-15-28(32-20-25)24-11-8-12-27(19-24)33-29-13-6-7-16-31-29/h3-20H,1-2H3. The number of pyridine rings is 2. The fraction of sp³-hybridized carbons (Fsp3) is 0.0667. The molecule has 0 saturated carbocycles. The molecule has 2 aromatic heterocycles. The van der Waals surface area contributed by atoms with Gasteiger partial charge in [0.25, 0.3) is 0 Å². The van der Waals surface area contributed by atoms with E-state index in [1.807, 2.05) is 54.7 Å². The van der Waals surface area contributed by atoms with Crippen molar-refractivity contribution >= 4 is 0 Å². The van der Waals surface area contributed by atoms with Gasteiger partial charge in [-0.25, -0.2) is 4.98 Å². The number of aryl methyl sites for hydroxylation is 2. The molecular weight excluding hydrogens is 404 g/mol. The smallest absolute Gasteiger partial charge is 0.219 e. The average molecular weight is 429 g/mol. The summed E-state index contributed by atoms with van der Waals surface area (Å²) in [7, 11) is 0. The lowest BCUT2D eigenvalue weighted by molar-refractivity contribution is 0.463. The van der Waals surface area contributed by atoms with E-state index < -0.39 is 0 Å². The van der Waals surface area contributed by atoms with Crippen molar-refractivity contribution in [3.63, 3.8) is 0 Å². The zero-order valence-corrected chi connectivity index (χ0v) is 18.7. The Kier molecular flexibility index (Phi) is 5.69. The van der Waals surface area contributed by atoms with Crippen LogP contribution in [0.15, 0.2) is 109 Å². The van der Waals surface area contributed by atoms with Gasteiger partial charge >= 0.3 is 0 Å². The minimum absolute atomic E-state index is 0.572. The van der Waals surface area contributed by atoms with Gasteiger partial charge in [-0.3, -0.25) is 4.98 Å². The Morgan fingerprint density at radius 1 is 0.576 bits per heavy atom. The van der Waals surface area contributed by atoms with Crippen molar-refractivity contribution in [3.8, 4) is 45.1 Å². The molecule has 3 heteroatoms. The highest BCUT2D eigenvalue weighted by atomic mass is 16.5. The first-order valence-electron chi connectivity index (χ1n) is 11.0. The minimum Gasteiger partial charge on any atom is -0.439 e. The molecule has 5 rings (SSSR count). The largest absolute Gasteiger partial charge is 0.439 e. The van der Waals surface area contributed by atoms with Crippen molar-refractivity contribution in [1.29, 1.82) is 0 Å². The van der Waals surface area contributed by atoms with Crippen molar-refractivity contribution in [2.75, 3.05) is 0 Å². The molecule has 0 N–H and O–H groups in total. The van der Waals surface area contributed by atoms with E-state index in [1.165, 1.54) is 27.8 Å². The van der Waals surface area contributed by atoms with Gasteiger partial charge in [0.15, 0.2) is 0 Å². The van der Waals surface area contributed by atoms with Crippen LogP contribution in [0.1, 0.15) is 11.1 Å². The Morgan fingerprint density at radius 2 is 1.33 bits per heavy atom. The van der Waals surface area contributed by atoms with Crippen LogP contribution in [0, 0.1) is 13.8 Å². The predicted octanol–water partition coefficient (Wildman–Crippen LogP) is 7.89. The van der Waals surface area contributed by atoms with Crippen molar-refractivity contribution < 1.29 is 4.74 Å². The average Bonchev–Trinajstić information content (AvgIpc) is 2.85. The van der Waals surface area contributed by atoms with Gasteiger partial charge in [-0.05, 0) is 65.9 Å². The van der Waals surface area contributed by atoms with E-state index in [-0.39, 0.29) is 0 Å². The van der Waals surface area contributed by atoms with Gasteiger partial charge in [0.1, 0.15) is 5.75 Å². The zero-order chi connectivity index (χ0) is 22.6. The molecule has 0 aliphatic rings. The van der Waals surface area contributed by atoms with Crippen LogP contribution >= 0.6 is 0 Å². The number of benzene rings is 3. The number of aromatic nitrogens is 2. The summed E-state index contributed by atoms with van der Waals surface area (Å²) in [6, 6.07) is 32.8. The molecule has 2 heterocycles. The minimum atomic E-state index is 0.572. The van der Waals surface area contributed by atoms with E-state index in [9.17, 15) is 0 Å². The molecule has 33 heavy (non-hydrogen) atoms. The molecule has 0 atom stereocenters. The molecule has 160 valence electrons. The summed E-state index contributed by atoms with van der Waals surface area (Å²) in [6.45, 7) is 4.34. The normalized spacial score (nSPS) is 10.7. The molecule has 0 bridgehead atoms. The van der Waals surface area contributed by atoms with E-state index in [2.05, 4.69) is 67.4 Å². The maximum Gasteiger partial charge on any atom is 0.219 e. The molecule has 5 aromatic rings. The number of hydrogen-bond donors (Lipinski definition) is 0. The summed E-state index contributed by atoms with van der Waals surface area (Å²) in [4.78, 5) is 8.99. The van der Waals surface area contributed by atoms with Gasteiger partial charge in [0, 0.05) is 29.6 Å². The lowest BCUT2D eigenvalue weighted by Crippen LogP contribution is -1.92. The molecule has 0 aliphatic carbocycles. The highest BCUT2D eigenvalue weighted by Gasteiger charge is 2.10. The third kappa shape index (κ3) is 4.53. The van der Waals surface area contributed by atoms with Crippen molar-refractivity contribution in [1.82, 2.24) is 9.97 Å². The highest BCUT2D eigenvalue weighted by molar-refractivity contribution is 5.77. The van der Waals surface area contributed by atoms with Gasteiger partial charge in [-0.1, -0.05) is 66.7 Å². The summed E-state index contributed by atoms with van der Waals surface area (Å²) in [6.07, 6.45) is 3.68. The van der Waals surface area contributed by atoms with Crippen molar-refractivity contribution in [2.24, 2.45) is 0 Å². The number of ether oxygens (including phenoxy) is 1. The molecule has 0 saturated heterocycles. The van der Waals surface area contributed by atoms with Crippen LogP contribution in [0.2, 0.25) is 0 Å². The van der Waals surface area contributed by atoms with Crippen molar-refractivity contribution in [2.45, 2.75) is 13.8 Å². The Labute approximate surface area is 194 Å². The summed E-state index contributed by atoms with van der Waals surface area (Å²) in [5.41, 5.74) is 9.23. The Hall–Kier alpha value is -4.24. The topological polar surface area (TPSA) is 35.0 Å². The molecule has 0 radical (unpaired) electrons. The van der Waals surface area contributed by atoms with Crippen LogP contribution < -0.4 is 4.74 Å². The fourth-order valence-corrected chi connectivity index (χ4v) is 4.18. The summed E-state index contributed by atoms with van der Waals surface area (Å²) in [5, 5.41) is 0. The lowest BCUT2D eigenvalue weighted by atomic mass is 9.92. The van der Waals surface area contributed by atoms with Crippen LogP contribution in [0.25, 0.3) is 33.5 Å². The maximum atomic E-state index is 5.87. The second-order valence-electron chi connectivity index (χ2n) is 8.08. The number of nitrogens with zero attached hydrogens (tertiary/aromatic N) is 2. The van der Waals surface area contributed by atoms with Crippen LogP contribution in [0.3, 0.4) is 0 Å². The molecule has 3 aromatic carbocycles. The Bertz CT molecular complexity index is 1360. The molecule has 0 spiro atoms. The first-order chi connectivity index (χ1) is 16.2. The highest BCUT2D eigenvalue weighted by Crippen LogP contribution is 2.33. The van der Waals surface area contributed by atoms with Crippen LogP contribution in [-0.4, -0.2) is 9.97 Å². The SMILES string of the molecule is Cc1cc(-c2ccccc2)cc(C)c1-c1ccc(-c2cccc(Oc3ccccn3)c2)nc1. The van der Waals surface area contributed by atoms with Gasteiger partial charge < -0.3 is 4.74 Å². The third-order valence-electron chi connectivity index (χ3n) is 5.68. The number of rotatable bonds is 5. The number of hydrogen-bond acceptors (Lipinski definition) is 3.